The standard InChI is InChI=1S/C13H19NO4/c1-10(16)12(7-15)14-13(17)9-18-8-11-5-3-2-4-6-11/h2-6,10,12,15-16H,7-9H2,1H3,(H,14,17)/t10-,12+/m1/s1. The van der Waals surface area contributed by atoms with E-state index in [4.69, 9.17) is 9.84 Å². The number of aliphatic hydroxyl groups is 2. The Morgan fingerprint density at radius 2 is 2.06 bits per heavy atom. The number of carbonyl (C=O) groups is 1. The second kappa shape index (κ2) is 7.81. The van der Waals surface area contributed by atoms with Gasteiger partial charge in [-0.15, -0.1) is 0 Å². The largest absolute Gasteiger partial charge is 0.394 e. The molecule has 2 atom stereocenters. The Morgan fingerprint density at radius 1 is 1.39 bits per heavy atom. The van der Waals surface area contributed by atoms with E-state index in [-0.39, 0.29) is 19.1 Å². The summed E-state index contributed by atoms with van der Waals surface area (Å²) in [6.07, 6.45) is -0.798. The van der Waals surface area contributed by atoms with Crippen LogP contribution < -0.4 is 5.32 Å². The first kappa shape index (κ1) is 14.6. The fourth-order valence-electron chi connectivity index (χ4n) is 1.40. The lowest BCUT2D eigenvalue weighted by Gasteiger charge is -2.18. The molecule has 0 bridgehead atoms. The molecule has 1 aromatic rings. The van der Waals surface area contributed by atoms with Crippen molar-refractivity contribution in [1.82, 2.24) is 5.32 Å². The summed E-state index contributed by atoms with van der Waals surface area (Å²) < 4.78 is 5.23. The predicted octanol–water partition coefficient (Wildman–Crippen LogP) is 0.0611. The van der Waals surface area contributed by atoms with Gasteiger partial charge >= 0.3 is 0 Å². The first-order valence-electron chi connectivity index (χ1n) is 5.83. The van der Waals surface area contributed by atoms with Crippen molar-refractivity contribution in [1.29, 1.82) is 0 Å². The molecule has 100 valence electrons. The number of nitrogens with one attached hydrogen (secondary N) is 1. The number of hydrogen-bond donors (Lipinski definition) is 3. The minimum absolute atomic E-state index is 0.0991. The Kier molecular flexibility index (Phi) is 6.35. The van der Waals surface area contributed by atoms with Crippen LogP contribution in [0, 0.1) is 0 Å². The fourth-order valence-corrected chi connectivity index (χ4v) is 1.40. The van der Waals surface area contributed by atoms with Gasteiger partial charge in [0.2, 0.25) is 5.91 Å². The molecule has 1 aromatic carbocycles. The Labute approximate surface area is 106 Å². The van der Waals surface area contributed by atoms with Gasteiger partial charge in [0.1, 0.15) is 6.61 Å². The average molecular weight is 253 g/mol. The van der Waals surface area contributed by atoms with E-state index < -0.39 is 12.1 Å². The Hall–Kier alpha value is -1.43. The molecular weight excluding hydrogens is 234 g/mol. The van der Waals surface area contributed by atoms with Crippen LogP contribution in [-0.2, 0) is 16.1 Å². The van der Waals surface area contributed by atoms with Gasteiger partial charge in [-0.1, -0.05) is 30.3 Å². The summed E-state index contributed by atoms with van der Waals surface area (Å²) in [5, 5.41) is 20.7. The molecule has 0 aliphatic carbocycles. The summed E-state index contributed by atoms with van der Waals surface area (Å²) in [6.45, 7) is 1.46. The summed E-state index contributed by atoms with van der Waals surface area (Å²) in [4.78, 5) is 11.4. The molecule has 0 heterocycles. The maximum absolute atomic E-state index is 11.4. The van der Waals surface area contributed by atoms with E-state index in [0.29, 0.717) is 6.61 Å². The van der Waals surface area contributed by atoms with Crippen LogP contribution in [-0.4, -0.2) is 41.5 Å². The highest BCUT2D eigenvalue weighted by atomic mass is 16.5. The summed E-state index contributed by atoms with van der Waals surface area (Å²) in [5.41, 5.74) is 0.986. The molecule has 18 heavy (non-hydrogen) atoms. The first-order chi connectivity index (χ1) is 8.63. The highest BCUT2D eigenvalue weighted by Crippen LogP contribution is 2.00. The quantitative estimate of drug-likeness (QED) is 0.642. The number of ether oxygens (including phenoxy) is 1. The van der Waals surface area contributed by atoms with Gasteiger partial charge in [0.15, 0.2) is 0 Å². The SMILES string of the molecule is C[C@@H](O)[C@H](CO)NC(=O)COCc1ccccc1. The molecule has 0 fully saturated rings. The Bertz CT molecular complexity index is 353. The summed E-state index contributed by atoms with van der Waals surface area (Å²) in [6, 6.07) is 8.86. The van der Waals surface area contributed by atoms with Gasteiger partial charge in [0.25, 0.3) is 0 Å². The fraction of sp³-hybridized carbons (Fsp3) is 0.462. The number of amides is 1. The summed E-state index contributed by atoms with van der Waals surface area (Å²) in [7, 11) is 0. The number of rotatable bonds is 7. The van der Waals surface area contributed by atoms with Gasteiger partial charge < -0.3 is 20.3 Å². The number of hydrogen-bond acceptors (Lipinski definition) is 4. The smallest absolute Gasteiger partial charge is 0.246 e. The minimum atomic E-state index is -0.798. The van der Waals surface area contributed by atoms with Gasteiger partial charge in [0, 0.05) is 0 Å². The molecule has 1 amide bonds. The zero-order chi connectivity index (χ0) is 13.4. The second-order valence-electron chi connectivity index (χ2n) is 4.08. The molecule has 3 N–H and O–H groups in total. The molecule has 5 nitrogen and oxygen atoms in total. The normalized spacial score (nSPS) is 13.9. The molecule has 5 heteroatoms. The minimum Gasteiger partial charge on any atom is -0.394 e. The van der Waals surface area contributed by atoms with Crippen LogP contribution in [0.4, 0.5) is 0 Å². The predicted molar refractivity (Wildman–Crippen MR) is 66.8 cm³/mol. The van der Waals surface area contributed by atoms with Crippen molar-refractivity contribution in [2.24, 2.45) is 0 Å². The van der Waals surface area contributed by atoms with Crippen molar-refractivity contribution in [3.05, 3.63) is 35.9 Å². The summed E-state index contributed by atoms with van der Waals surface area (Å²) >= 11 is 0. The van der Waals surface area contributed by atoms with E-state index in [1.807, 2.05) is 30.3 Å². The van der Waals surface area contributed by atoms with Crippen molar-refractivity contribution in [2.45, 2.75) is 25.7 Å². The highest BCUT2D eigenvalue weighted by Gasteiger charge is 2.16. The van der Waals surface area contributed by atoms with E-state index in [9.17, 15) is 9.90 Å². The number of carbonyl (C=O) groups excluding carboxylic acids is 1. The summed E-state index contributed by atoms with van der Waals surface area (Å²) in [5.74, 6) is -0.356. The molecular formula is C13H19NO4. The third-order valence-electron chi connectivity index (χ3n) is 2.47. The van der Waals surface area contributed by atoms with E-state index in [1.165, 1.54) is 6.92 Å². The van der Waals surface area contributed by atoms with E-state index in [2.05, 4.69) is 5.32 Å². The molecule has 0 radical (unpaired) electrons. The zero-order valence-electron chi connectivity index (χ0n) is 10.4. The zero-order valence-corrected chi connectivity index (χ0v) is 10.4. The van der Waals surface area contributed by atoms with Crippen LogP contribution in [0.3, 0.4) is 0 Å². The van der Waals surface area contributed by atoms with Gasteiger partial charge in [-0.3, -0.25) is 4.79 Å². The molecule has 0 aromatic heterocycles. The molecule has 0 aliphatic heterocycles. The first-order valence-corrected chi connectivity index (χ1v) is 5.83. The van der Waals surface area contributed by atoms with Crippen molar-refractivity contribution < 1.29 is 19.7 Å². The maximum Gasteiger partial charge on any atom is 0.246 e. The van der Waals surface area contributed by atoms with E-state index >= 15 is 0 Å². The van der Waals surface area contributed by atoms with Crippen LogP contribution >= 0.6 is 0 Å². The number of aliphatic hydroxyl groups excluding tert-OH is 2. The van der Waals surface area contributed by atoms with Gasteiger partial charge in [-0.25, -0.2) is 0 Å². The third-order valence-corrected chi connectivity index (χ3v) is 2.47. The molecule has 0 saturated carbocycles. The van der Waals surface area contributed by atoms with Crippen molar-refractivity contribution in [2.75, 3.05) is 13.2 Å². The number of benzene rings is 1. The third kappa shape index (κ3) is 5.27. The second-order valence-corrected chi connectivity index (χ2v) is 4.08. The lowest BCUT2D eigenvalue weighted by atomic mass is 10.2. The van der Waals surface area contributed by atoms with Crippen LogP contribution in [0.25, 0.3) is 0 Å². The van der Waals surface area contributed by atoms with Crippen molar-refractivity contribution in [3.8, 4) is 0 Å². The van der Waals surface area contributed by atoms with Gasteiger partial charge in [0.05, 0.1) is 25.4 Å². The topological polar surface area (TPSA) is 78.8 Å². The Balaban J connectivity index is 2.25. The lowest BCUT2D eigenvalue weighted by Crippen LogP contribution is -2.45. The Morgan fingerprint density at radius 3 is 2.61 bits per heavy atom. The monoisotopic (exact) mass is 253 g/mol. The molecule has 0 saturated heterocycles. The molecule has 0 aliphatic rings. The van der Waals surface area contributed by atoms with Crippen LogP contribution in [0.2, 0.25) is 0 Å². The average Bonchev–Trinajstić information content (AvgIpc) is 2.37. The lowest BCUT2D eigenvalue weighted by molar-refractivity contribution is -0.128. The van der Waals surface area contributed by atoms with E-state index in [1.54, 1.807) is 0 Å². The van der Waals surface area contributed by atoms with Crippen molar-refractivity contribution in [3.63, 3.8) is 0 Å². The van der Waals surface area contributed by atoms with Crippen LogP contribution in [0.1, 0.15) is 12.5 Å². The van der Waals surface area contributed by atoms with Crippen molar-refractivity contribution >= 4 is 5.91 Å². The van der Waals surface area contributed by atoms with Gasteiger partial charge in [-0.2, -0.15) is 0 Å². The van der Waals surface area contributed by atoms with E-state index in [0.717, 1.165) is 5.56 Å². The maximum atomic E-state index is 11.4. The van der Waals surface area contributed by atoms with Crippen LogP contribution in [0.5, 0.6) is 0 Å². The molecule has 1 rings (SSSR count). The molecule has 0 unspecified atom stereocenters. The van der Waals surface area contributed by atoms with Crippen LogP contribution in [0.15, 0.2) is 30.3 Å². The van der Waals surface area contributed by atoms with Gasteiger partial charge in [-0.05, 0) is 12.5 Å². The highest BCUT2D eigenvalue weighted by molar-refractivity contribution is 5.77. The molecule has 0 spiro atoms.